The quantitative estimate of drug-likeness (QED) is 0.894. The van der Waals surface area contributed by atoms with Crippen LogP contribution in [0.2, 0.25) is 0 Å². The zero-order valence-corrected chi connectivity index (χ0v) is 11.1. The number of nitrogens with one attached hydrogen (secondary N) is 1. The van der Waals surface area contributed by atoms with Gasteiger partial charge in [0, 0.05) is 18.8 Å². The summed E-state index contributed by atoms with van der Waals surface area (Å²) in [4.78, 5) is 8.48. The van der Waals surface area contributed by atoms with Crippen molar-refractivity contribution in [3.8, 4) is 0 Å². The molecule has 18 heavy (non-hydrogen) atoms. The van der Waals surface area contributed by atoms with E-state index in [1.807, 2.05) is 13.0 Å². The average Bonchev–Trinajstić information content (AvgIpc) is 2.37. The van der Waals surface area contributed by atoms with Crippen molar-refractivity contribution in [2.45, 2.75) is 33.4 Å². The molecule has 94 valence electrons. The minimum absolute atomic E-state index is 0.320. The molecule has 0 aliphatic carbocycles. The van der Waals surface area contributed by atoms with Crippen LogP contribution in [0.25, 0.3) is 0 Å². The van der Waals surface area contributed by atoms with Crippen molar-refractivity contribution >= 4 is 0 Å². The SMILES string of the molecule is Cc1ccc([C@H](C)NCc2ccnc(C)n2)cc1. The van der Waals surface area contributed by atoms with Gasteiger partial charge in [0.1, 0.15) is 5.82 Å². The fourth-order valence-electron chi connectivity index (χ4n) is 1.83. The topological polar surface area (TPSA) is 37.8 Å². The van der Waals surface area contributed by atoms with Crippen LogP contribution in [0.5, 0.6) is 0 Å². The molecule has 0 unspecified atom stereocenters. The molecule has 3 heteroatoms. The van der Waals surface area contributed by atoms with E-state index < -0.39 is 0 Å². The Morgan fingerprint density at radius 3 is 2.50 bits per heavy atom. The van der Waals surface area contributed by atoms with Crippen molar-refractivity contribution in [2.24, 2.45) is 0 Å². The minimum Gasteiger partial charge on any atom is -0.305 e. The van der Waals surface area contributed by atoms with Crippen LogP contribution >= 0.6 is 0 Å². The van der Waals surface area contributed by atoms with E-state index in [9.17, 15) is 0 Å². The van der Waals surface area contributed by atoms with Crippen molar-refractivity contribution in [2.75, 3.05) is 0 Å². The summed E-state index contributed by atoms with van der Waals surface area (Å²) in [6.07, 6.45) is 1.80. The van der Waals surface area contributed by atoms with Gasteiger partial charge in [0.2, 0.25) is 0 Å². The molecule has 1 N–H and O–H groups in total. The van der Waals surface area contributed by atoms with E-state index in [0.29, 0.717) is 6.04 Å². The van der Waals surface area contributed by atoms with Crippen LogP contribution in [0.1, 0.15) is 35.6 Å². The lowest BCUT2D eigenvalue weighted by Gasteiger charge is -2.14. The zero-order valence-electron chi connectivity index (χ0n) is 11.1. The highest BCUT2D eigenvalue weighted by atomic mass is 14.9. The second kappa shape index (κ2) is 5.74. The Labute approximate surface area is 108 Å². The fraction of sp³-hybridized carbons (Fsp3) is 0.333. The number of aryl methyl sites for hydroxylation is 2. The second-order valence-electron chi connectivity index (χ2n) is 4.61. The Balaban J connectivity index is 1.96. The first-order chi connectivity index (χ1) is 8.65. The molecule has 1 aromatic carbocycles. The van der Waals surface area contributed by atoms with Gasteiger partial charge in [0.25, 0.3) is 0 Å². The van der Waals surface area contributed by atoms with Gasteiger partial charge in [-0.25, -0.2) is 9.97 Å². The maximum atomic E-state index is 4.38. The summed E-state index contributed by atoms with van der Waals surface area (Å²) >= 11 is 0. The summed E-state index contributed by atoms with van der Waals surface area (Å²) in [6.45, 7) is 6.94. The molecule has 0 saturated carbocycles. The van der Waals surface area contributed by atoms with E-state index in [-0.39, 0.29) is 0 Å². The second-order valence-corrected chi connectivity index (χ2v) is 4.61. The number of hydrogen-bond acceptors (Lipinski definition) is 3. The lowest BCUT2D eigenvalue weighted by Crippen LogP contribution is -2.19. The van der Waals surface area contributed by atoms with Crippen molar-refractivity contribution in [1.82, 2.24) is 15.3 Å². The highest BCUT2D eigenvalue weighted by Gasteiger charge is 2.04. The first kappa shape index (κ1) is 12.7. The molecular formula is C15H19N3. The molecule has 0 fully saturated rings. The normalized spacial score (nSPS) is 12.4. The van der Waals surface area contributed by atoms with E-state index in [1.165, 1.54) is 11.1 Å². The van der Waals surface area contributed by atoms with Gasteiger partial charge >= 0.3 is 0 Å². The van der Waals surface area contributed by atoms with E-state index >= 15 is 0 Å². The van der Waals surface area contributed by atoms with Crippen LogP contribution in [-0.2, 0) is 6.54 Å². The predicted molar refractivity (Wildman–Crippen MR) is 73.2 cm³/mol. The molecule has 2 rings (SSSR count). The molecule has 0 saturated heterocycles. The van der Waals surface area contributed by atoms with Crippen molar-refractivity contribution in [1.29, 1.82) is 0 Å². The van der Waals surface area contributed by atoms with Crippen LogP contribution in [0.15, 0.2) is 36.5 Å². The maximum Gasteiger partial charge on any atom is 0.125 e. The number of aromatic nitrogens is 2. The molecule has 1 heterocycles. The summed E-state index contributed by atoms with van der Waals surface area (Å²) in [6, 6.07) is 10.9. The number of benzene rings is 1. The molecule has 1 atom stereocenters. The molecule has 0 aliphatic heterocycles. The molecule has 0 aliphatic rings. The van der Waals surface area contributed by atoms with Gasteiger partial charge in [0.05, 0.1) is 5.69 Å². The summed E-state index contributed by atoms with van der Waals surface area (Å²) in [7, 11) is 0. The van der Waals surface area contributed by atoms with Gasteiger partial charge in [0.15, 0.2) is 0 Å². The Hall–Kier alpha value is -1.74. The van der Waals surface area contributed by atoms with Gasteiger partial charge < -0.3 is 5.32 Å². The molecule has 0 bridgehead atoms. The van der Waals surface area contributed by atoms with Gasteiger partial charge in [-0.15, -0.1) is 0 Å². The minimum atomic E-state index is 0.320. The monoisotopic (exact) mass is 241 g/mol. The summed E-state index contributed by atoms with van der Waals surface area (Å²) < 4.78 is 0. The third kappa shape index (κ3) is 3.37. The largest absolute Gasteiger partial charge is 0.305 e. The molecule has 2 aromatic rings. The van der Waals surface area contributed by atoms with Crippen LogP contribution in [0.4, 0.5) is 0 Å². The van der Waals surface area contributed by atoms with E-state index in [0.717, 1.165) is 18.1 Å². The Bertz CT molecular complexity index is 505. The molecule has 0 spiro atoms. The molecule has 3 nitrogen and oxygen atoms in total. The van der Waals surface area contributed by atoms with Gasteiger partial charge in [-0.2, -0.15) is 0 Å². The van der Waals surface area contributed by atoms with Crippen LogP contribution in [0.3, 0.4) is 0 Å². The molecular weight excluding hydrogens is 222 g/mol. The molecule has 1 aromatic heterocycles. The van der Waals surface area contributed by atoms with E-state index in [2.05, 4.69) is 53.4 Å². The average molecular weight is 241 g/mol. The van der Waals surface area contributed by atoms with Crippen molar-refractivity contribution < 1.29 is 0 Å². The first-order valence-corrected chi connectivity index (χ1v) is 6.23. The Kier molecular flexibility index (Phi) is 4.05. The van der Waals surface area contributed by atoms with Gasteiger partial charge in [-0.05, 0) is 32.4 Å². The lowest BCUT2D eigenvalue weighted by molar-refractivity contribution is 0.566. The first-order valence-electron chi connectivity index (χ1n) is 6.23. The standard InChI is InChI=1S/C15H19N3/c1-11-4-6-14(7-5-11)12(2)17-10-15-8-9-16-13(3)18-15/h4-9,12,17H,10H2,1-3H3/t12-/m0/s1. The van der Waals surface area contributed by atoms with Gasteiger partial charge in [-0.1, -0.05) is 29.8 Å². The summed E-state index contributed by atoms with van der Waals surface area (Å²) in [5.41, 5.74) is 3.62. The number of rotatable bonds is 4. The lowest BCUT2D eigenvalue weighted by atomic mass is 10.1. The van der Waals surface area contributed by atoms with Crippen LogP contribution in [0, 0.1) is 13.8 Å². The van der Waals surface area contributed by atoms with E-state index in [4.69, 9.17) is 0 Å². The highest BCUT2D eigenvalue weighted by Crippen LogP contribution is 2.13. The van der Waals surface area contributed by atoms with E-state index in [1.54, 1.807) is 6.20 Å². The highest BCUT2D eigenvalue weighted by molar-refractivity contribution is 5.23. The molecule has 0 radical (unpaired) electrons. The summed E-state index contributed by atoms with van der Waals surface area (Å²) in [5, 5.41) is 3.47. The Morgan fingerprint density at radius 2 is 1.83 bits per heavy atom. The maximum absolute atomic E-state index is 4.38. The fourth-order valence-corrected chi connectivity index (χ4v) is 1.83. The smallest absolute Gasteiger partial charge is 0.125 e. The van der Waals surface area contributed by atoms with Crippen LogP contribution < -0.4 is 5.32 Å². The van der Waals surface area contributed by atoms with Crippen LogP contribution in [-0.4, -0.2) is 9.97 Å². The summed E-state index contributed by atoms with van der Waals surface area (Å²) in [5.74, 6) is 0.817. The third-order valence-electron chi connectivity index (χ3n) is 3.00. The third-order valence-corrected chi connectivity index (χ3v) is 3.00. The Morgan fingerprint density at radius 1 is 1.11 bits per heavy atom. The van der Waals surface area contributed by atoms with Crippen molar-refractivity contribution in [3.63, 3.8) is 0 Å². The molecule has 0 amide bonds. The zero-order chi connectivity index (χ0) is 13.0. The van der Waals surface area contributed by atoms with Gasteiger partial charge in [-0.3, -0.25) is 0 Å². The number of hydrogen-bond donors (Lipinski definition) is 1. The van der Waals surface area contributed by atoms with Crippen molar-refractivity contribution in [3.05, 3.63) is 59.2 Å². The number of nitrogens with zero attached hydrogens (tertiary/aromatic N) is 2. The predicted octanol–water partition coefficient (Wildman–Crippen LogP) is 2.94.